The van der Waals surface area contributed by atoms with Crippen LogP contribution in [0.5, 0.6) is 0 Å². The van der Waals surface area contributed by atoms with Gasteiger partial charge in [-0.25, -0.2) is 14.4 Å². The van der Waals surface area contributed by atoms with Crippen LogP contribution in [-0.4, -0.2) is 21.8 Å². The largest absolute Gasteiger partial charge is 0.457 e. The van der Waals surface area contributed by atoms with Gasteiger partial charge in [0, 0.05) is 5.38 Å². The predicted octanol–water partition coefficient (Wildman–Crippen LogP) is 5.26. The maximum absolute atomic E-state index is 13.8. The number of carbonyl (C=O) groups is 2. The predicted molar refractivity (Wildman–Crippen MR) is 129 cm³/mol. The van der Waals surface area contributed by atoms with E-state index in [0.29, 0.717) is 22.3 Å². The van der Waals surface area contributed by atoms with Crippen molar-refractivity contribution in [2.45, 2.75) is 13.0 Å². The highest BCUT2D eigenvalue weighted by atomic mass is 32.1. The molecule has 0 unspecified atom stereocenters. The van der Waals surface area contributed by atoms with Crippen LogP contribution in [0, 0.1) is 5.82 Å². The van der Waals surface area contributed by atoms with E-state index in [1.807, 2.05) is 30.3 Å². The molecule has 2 aromatic carbocycles. The molecule has 5 aromatic rings. The van der Waals surface area contributed by atoms with Gasteiger partial charge in [-0.1, -0.05) is 24.3 Å². The van der Waals surface area contributed by atoms with Gasteiger partial charge in [0.05, 0.1) is 34.4 Å². The van der Waals surface area contributed by atoms with Crippen LogP contribution in [0.1, 0.15) is 21.8 Å². The summed E-state index contributed by atoms with van der Waals surface area (Å²) in [6, 6.07) is 17.2. The zero-order valence-electron chi connectivity index (χ0n) is 17.6. The molecule has 0 fully saturated rings. The van der Waals surface area contributed by atoms with Crippen LogP contribution in [0.4, 0.5) is 9.52 Å². The maximum Gasteiger partial charge on any atom is 0.260 e. The average Bonchev–Trinajstić information content (AvgIpc) is 3.57. The number of hydrogen-bond acceptors (Lipinski definition) is 7. The number of rotatable bonds is 7. The van der Waals surface area contributed by atoms with Gasteiger partial charge in [-0.15, -0.1) is 22.7 Å². The van der Waals surface area contributed by atoms with Crippen LogP contribution < -0.4 is 10.6 Å². The number of hydrogen-bond donors (Lipinski definition) is 2. The molecular weight excluding hydrogens is 475 g/mol. The van der Waals surface area contributed by atoms with Crippen molar-refractivity contribution >= 4 is 49.8 Å². The number of furan rings is 1. The van der Waals surface area contributed by atoms with Crippen molar-refractivity contribution in [1.82, 2.24) is 15.3 Å². The molecule has 10 heteroatoms. The molecule has 0 radical (unpaired) electrons. The molecule has 34 heavy (non-hydrogen) atoms. The number of fused-ring (bicyclic) bond motifs is 1. The van der Waals surface area contributed by atoms with Gasteiger partial charge in [0.1, 0.15) is 11.6 Å². The standard InChI is InChI=1S/C24H17FN4O3S2/c25-17-6-2-1-5-16(17)22(31)29-24-27-14(13-33-24)11-21(30)26-12-15-9-10-19(32-15)23-28-18-7-3-4-8-20(18)34-23/h1-10,13H,11-12H2,(H,26,30)(H,27,29,31). The van der Waals surface area contributed by atoms with Gasteiger partial charge in [-0.2, -0.15) is 0 Å². The fourth-order valence-electron chi connectivity index (χ4n) is 3.23. The van der Waals surface area contributed by atoms with Crippen molar-refractivity contribution in [1.29, 1.82) is 0 Å². The summed E-state index contributed by atoms with van der Waals surface area (Å²) in [5.41, 5.74) is 1.35. The van der Waals surface area contributed by atoms with E-state index in [4.69, 9.17) is 4.42 Å². The van der Waals surface area contributed by atoms with Crippen LogP contribution in [-0.2, 0) is 17.8 Å². The van der Waals surface area contributed by atoms with Crippen molar-refractivity contribution < 1.29 is 18.4 Å². The SMILES string of the molecule is O=C(Cc1csc(NC(=O)c2ccccc2F)n1)NCc1ccc(-c2nc3ccccc3s2)o1. The Morgan fingerprint density at radius 3 is 2.68 bits per heavy atom. The lowest BCUT2D eigenvalue weighted by Gasteiger charge is -2.03. The van der Waals surface area contributed by atoms with Crippen molar-refractivity contribution in [2.24, 2.45) is 0 Å². The number of thiazole rings is 2. The second-order valence-electron chi connectivity index (χ2n) is 7.28. The minimum absolute atomic E-state index is 0.0392. The fraction of sp³-hybridized carbons (Fsp3) is 0.0833. The molecule has 0 spiro atoms. The van der Waals surface area contributed by atoms with E-state index in [2.05, 4.69) is 20.6 Å². The first-order chi connectivity index (χ1) is 16.5. The molecular formula is C24H17FN4O3S2. The molecule has 0 bridgehead atoms. The molecule has 0 atom stereocenters. The Balaban J connectivity index is 1.15. The number of nitrogens with one attached hydrogen (secondary N) is 2. The summed E-state index contributed by atoms with van der Waals surface area (Å²) < 4.78 is 20.7. The molecule has 2 N–H and O–H groups in total. The van der Waals surface area contributed by atoms with Gasteiger partial charge in [-0.3, -0.25) is 14.9 Å². The molecule has 0 aliphatic carbocycles. The summed E-state index contributed by atoms with van der Waals surface area (Å²) in [6.07, 6.45) is 0.0392. The number of anilines is 1. The zero-order chi connectivity index (χ0) is 23.5. The van der Waals surface area contributed by atoms with Gasteiger partial charge in [0.15, 0.2) is 15.9 Å². The van der Waals surface area contributed by atoms with E-state index >= 15 is 0 Å². The second-order valence-corrected chi connectivity index (χ2v) is 9.17. The molecule has 3 heterocycles. The van der Waals surface area contributed by atoms with E-state index in [1.54, 1.807) is 28.8 Å². The highest BCUT2D eigenvalue weighted by molar-refractivity contribution is 7.21. The van der Waals surface area contributed by atoms with E-state index in [9.17, 15) is 14.0 Å². The zero-order valence-corrected chi connectivity index (χ0v) is 19.2. The third-order valence-electron chi connectivity index (χ3n) is 4.86. The van der Waals surface area contributed by atoms with E-state index in [1.165, 1.54) is 29.5 Å². The lowest BCUT2D eigenvalue weighted by atomic mass is 10.2. The molecule has 170 valence electrons. The van der Waals surface area contributed by atoms with Crippen LogP contribution in [0.25, 0.3) is 21.0 Å². The van der Waals surface area contributed by atoms with Gasteiger partial charge >= 0.3 is 0 Å². The fourth-order valence-corrected chi connectivity index (χ4v) is 4.87. The first-order valence-electron chi connectivity index (χ1n) is 10.3. The van der Waals surface area contributed by atoms with Crippen molar-refractivity contribution in [3.05, 3.63) is 88.9 Å². The average molecular weight is 493 g/mol. The van der Waals surface area contributed by atoms with Crippen molar-refractivity contribution in [3.8, 4) is 10.8 Å². The lowest BCUT2D eigenvalue weighted by molar-refractivity contribution is -0.120. The molecule has 5 rings (SSSR count). The monoisotopic (exact) mass is 492 g/mol. The first-order valence-corrected chi connectivity index (χ1v) is 12.0. The molecule has 0 saturated carbocycles. The van der Waals surface area contributed by atoms with Gasteiger partial charge < -0.3 is 9.73 Å². The third kappa shape index (κ3) is 4.87. The number of benzene rings is 2. The number of halogens is 1. The summed E-state index contributed by atoms with van der Waals surface area (Å²) >= 11 is 2.71. The molecule has 2 amide bonds. The van der Waals surface area contributed by atoms with Crippen LogP contribution in [0.3, 0.4) is 0 Å². The summed E-state index contributed by atoms with van der Waals surface area (Å²) in [7, 11) is 0. The van der Waals surface area contributed by atoms with Gasteiger partial charge in [-0.05, 0) is 36.4 Å². The first kappa shape index (κ1) is 21.9. The highest BCUT2D eigenvalue weighted by Gasteiger charge is 2.15. The van der Waals surface area contributed by atoms with Gasteiger partial charge in [0.2, 0.25) is 5.91 Å². The number of carbonyl (C=O) groups excluding carboxylic acids is 2. The summed E-state index contributed by atoms with van der Waals surface area (Å²) in [5.74, 6) is -0.181. The van der Waals surface area contributed by atoms with Crippen molar-refractivity contribution in [3.63, 3.8) is 0 Å². The molecule has 0 aliphatic heterocycles. The van der Waals surface area contributed by atoms with Gasteiger partial charge in [0.25, 0.3) is 5.91 Å². The Morgan fingerprint density at radius 2 is 1.82 bits per heavy atom. The number of nitrogens with zero attached hydrogens (tertiary/aromatic N) is 2. The summed E-state index contributed by atoms with van der Waals surface area (Å²) in [4.78, 5) is 33.4. The lowest BCUT2D eigenvalue weighted by Crippen LogP contribution is -2.24. The topological polar surface area (TPSA) is 97.1 Å². The van der Waals surface area contributed by atoms with Crippen LogP contribution >= 0.6 is 22.7 Å². The minimum Gasteiger partial charge on any atom is -0.457 e. The van der Waals surface area contributed by atoms with E-state index < -0.39 is 11.7 Å². The molecule has 0 saturated heterocycles. The molecule has 7 nitrogen and oxygen atoms in total. The Bertz CT molecular complexity index is 1460. The number of aromatic nitrogens is 2. The van der Waals surface area contributed by atoms with E-state index in [0.717, 1.165) is 15.2 Å². The Morgan fingerprint density at radius 1 is 1.00 bits per heavy atom. The molecule has 3 aromatic heterocycles. The normalized spacial score (nSPS) is 11.0. The van der Waals surface area contributed by atoms with Crippen molar-refractivity contribution in [2.75, 3.05) is 5.32 Å². The Labute approximate surface area is 201 Å². The number of amides is 2. The van der Waals surface area contributed by atoms with Crippen LogP contribution in [0.2, 0.25) is 0 Å². The quantitative estimate of drug-likeness (QED) is 0.323. The highest BCUT2D eigenvalue weighted by Crippen LogP contribution is 2.31. The van der Waals surface area contributed by atoms with E-state index in [-0.39, 0.29) is 24.4 Å². The Kier molecular flexibility index (Phi) is 6.15. The third-order valence-corrected chi connectivity index (χ3v) is 6.72. The van der Waals surface area contributed by atoms with Crippen LogP contribution in [0.15, 0.2) is 70.5 Å². The number of para-hydroxylation sites is 1. The molecule has 0 aliphatic rings. The maximum atomic E-state index is 13.8. The minimum atomic E-state index is -0.611. The second kappa shape index (κ2) is 9.54. The summed E-state index contributed by atoms with van der Waals surface area (Å²) in [5, 5.41) is 8.11. The summed E-state index contributed by atoms with van der Waals surface area (Å²) in [6.45, 7) is 0.227. The Hall–Kier alpha value is -3.89. The smallest absolute Gasteiger partial charge is 0.260 e.